The van der Waals surface area contributed by atoms with Crippen LogP contribution in [0.4, 0.5) is 0 Å². The number of para-hydroxylation sites is 1. The first-order valence-electron chi connectivity index (χ1n) is 9.12. The van der Waals surface area contributed by atoms with Crippen LogP contribution in [0.1, 0.15) is 65.4 Å². The predicted octanol–water partition coefficient (Wildman–Crippen LogP) is 5.62. The average Bonchev–Trinajstić information content (AvgIpc) is 2.44. The lowest BCUT2D eigenvalue weighted by molar-refractivity contribution is -0.162. The third-order valence-corrected chi connectivity index (χ3v) is 7.48. The molecule has 2 saturated carbocycles. The number of hydrogen-bond acceptors (Lipinski definition) is 1. The van der Waals surface area contributed by atoms with Crippen LogP contribution in [0.5, 0.6) is 5.75 Å². The Morgan fingerprint density at radius 1 is 0.955 bits per heavy atom. The topological polar surface area (TPSA) is 9.23 Å². The summed E-state index contributed by atoms with van der Waals surface area (Å²) in [6.07, 6.45) is 7.92. The average molecular weight is 298 g/mol. The summed E-state index contributed by atoms with van der Waals surface area (Å²) in [5.41, 5.74) is 2.39. The van der Waals surface area contributed by atoms with Gasteiger partial charge in [-0.2, -0.15) is 0 Å². The van der Waals surface area contributed by atoms with E-state index in [2.05, 4.69) is 52.0 Å². The van der Waals surface area contributed by atoms with Crippen LogP contribution in [-0.4, -0.2) is 5.60 Å². The summed E-state index contributed by atoms with van der Waals surface area (Å²) in [6, 6.07) is 8.71. The Labute approximate surface area is 135 Å². The SMILES string of the molecule is CC1(C)CCC[C@]2(C)[C@H]3Cc4ccccc4O[C@]3(C)CC[C@@H]12. The smallest absolute Gasteiger partial charge is 0.123 e. The minimum atomic E-state index is 0.0347. The third-order valence-electron chi connectivity index (χ3n) is 7.48. The summed E-state index contributed by atoms with van der Waals surface area (Å²) in [5, 5.41) is 0. The second-order valence-electron chi connectivity index (χ2n) is 9.22. The van der Waals surface area contributed by atoms with Crippen molar-refractivity contribution >= 4 is 0 Å². The molecule has 120 valence electrons. The van der Waals surface area contributed by atoms with Crippen molar-refractivity contribution in [1.82, 2.24) is 0 Å². The first-order valence-corrected chi connectivity index (χ1v) is 9.12. The lowest BCUT2D eigenvalue weighted by Crippen LogP contribution is -2.61. The summed E-state index contributed by atoms with van der Waals surface area (Å²) < 4.78 is 6.61. The van der Waals surface area contributed by atoms with E-state index in [9.17, 15) is 0 Å². The maximum Gasteiger partial charge on any atom is 0.123 e. The molecule has 0 aromatic heterocycles. The summed E-state index contributed by atoms with van der Waals surface area (Å²) in [6.45, 7) is 9.99. The molecule has 2 aliphatic carbocycles. The van der Waals surface area contributed by atoms with Gasteiger partial charge in [0.2, 0.25) is 0 Å². The second-order valence-corrected chi connectivity index (χ2v) is 9.22. The highest BCUT2D eigenvalue weighted by molar-refractivity contribution is 5.37. The zero-order chi connectivity index (χ0) is 15.6. The first kappa shape index (κ1) is 14.6. The van der Waals surface area contributed by atoms with Crippen molar-refractivity contribution in [2.24, 2.45) is 22.7 Å². The number of fused-ring (bicyclic) bond motifs is 4. The molecule has 4 rings (SSSR count). The molecule has 0 spiro atoms. The van der Waals surface area contributed by atoms with Gasteiger partial charge in [-0.25, -0.2) is 0 Å². The van der Waals surface area contributed by atoms with Crippen molar-refractivity contribution in [1.29, 1.82) is 0 Å². The van der Waals surface area contributed by atoms with Crippen molar-refractivity contribution in [3.63, 3.8) is 0 Å². The highest BCUT2D eigenvalue weighted by Crippen LogP contribution is 2.64. The van der Waals surface area contributed by atoms with E-state index < -0.39 is 0 Å². The van der Waals surface area contributed by atoms with Crippen LogP contribution < -0.4 is 4.74 Å². The fourth-order valence-electron chi connectivity index (χ4n) is 6.42. The normalized spacial score (nSPS) is 42.5. The fraction of sp³-hybridized carbons (Fsp3) is 0.714. The molecule has 1 heteroatoms. The molecular formula is C21H30O. The van der Waals surface area contributed by atoms with Crippen molar-refractivity contribution < 1.29 is 4.74 Å². The predicted molar refractivity (Wildman–Crippen MR) is 91.1 cm³/mol. The van der Waals surface area contributed by atoms with Gasteiger partial charge >= 0.3 is 0 Å². The molecule has 3 aliphatic rings. The van der Waals surface area contributed by atoms with E-state index >= 15 is 0 Å². The second kappa shape index (κ2) is 4.52. The number of benzene rings is 1. The highest BCUT2D eigenvalue weighted by atomic mass is 16.5. The van der Waals surface area contributed by atoms with Crippen molar-refractivity contribution in [2.75, 3.05) is 0 Å². The first-order chi connectivity index (χ1) is 10.4. The van der Waals surface area contributed by atoms with Crippen molar-refractivity contribution in [3.05, 3.63) is 29.8 Å². The monoisotopic (exact) mass is 298 g/mol. The zero-order valence-corrected chi connectivity index (χ0v) is 14.6. The molecule has 2 fully saturated rings. The van der Waals surface area contributed by atoms with E-state index in [4.69, 9.17) is 4.74 Å². The molecule has 1 nitrogen and oxygen atoms in total. The van der Waals surface area contributed by atoms with Gasteiger partial charge in [-0.05, 0) is 67.4 Å². The molecule has 1 heterocycles. The lowest BCUT2D eigenvalue weighted by Gasteiger charge is -2.63. The van der Waals surface area contributed by atoms with Crippen LogP contribution in [0.2, 0.25) is 0 Å². The minimum absolute atomic E-state index is 0.0347. The van der Waals surface area contributed by atoms with Crippen LogP contribution in [0.25, 0.3) is 0 Å². The van der Waals surface area contributed by atoms with E-state index in [-0.39, 0.29) is 5.60 Å². The van der Waals surface area contributed by atoms with Crippen LogP contribution in [0, 0.1) is 22.7 Å². The molecule has 0 saturated heterocycles. The van der Waals surface area contributed by atoms with E-state index in [1.807, 2.05) is 0 Å². The van der Waals surface area contributed by atoms with Crippen LogP contribution in [0.15, 0.2) is 24.3 Å². The highest BCUT2D eigenvalue weighted by Gasteiger charge is 2.60. The summed E-state index contributed by atoms with van der Waals surface area (Å²) in [7, 11) is 0. The van der Waals surface area contributed by atoms with Gasteiger partial charge in [0, 0.05) is 5.92 Å². The van der Waals surface area contributed by atoms with E-state index in [1.165, 1.54) is 44.1 Å². The number of hydrogen-bond donors (Lipinski definition) is 0. The van der Waals surface area contributed by atoms with E-state index in [0.717, 1.165) is 11.7 Å². The van der Waals surface area contributed by atoms with Gasteiger partial charge in [0.1, 0.15) is 11.4 Å². The summed E-state index contributed by atoms with van der Waals surface area (Å²) in [4.78, 5) is 0. The van der Waals surface area contributed by atoms with Crippen LogP contribution in [0.3, 0.4) is 0 Å². The Bertz CT molecular complexity index is 589. The van der Waals surface area contributed by atoms with Gasteiger partial charge in [0.25, 0.3) is 0 Å². The molecule has 0 radical (unpaired) electrons. The van der Waals surface area contributed by atoms with Gasteiger partial charge in [0.15, 0.2) is 0 Å². The molecule has 4 atom stereocenters. The fourth-order valence-corrected chi connectivity index (χ4v) is 6.42. The molecule has 0 N–H and O–H groups in total. The van der Waals surface area contributed by atoms with Gasteiger partial charge in [-0.3, -0.25) is 0 Å². The maximum atomic E-state index is 6.61. The maximum absolute atomic E-state index is 6.61. The van der Waals surface area contributed by atoms with Crippen LogP contribution >= 0.6 is 0 Å². The van der Waals surface area contributed by atoms with Gasteiger partial charge in [-0.15, -0.1) is 0 Å². The Kier molecular flexibility index (Phi) is 3.00. The Balaban J connectivity index is 1.77. The third kappa shape index (κ3) is 1.90. The quantitative estimate of drug-likeness (QED) is 0.604. The van der Waals surface area contributed by atoms with E-state index in [1.54, 1.807) is 0 Å². The Morgan fingerprint density at radius 2 is 1.73 bits per heavy atom. The van der Waals surface area contributed by atoms with Gasteiger partial charge < -0.3 is 4.74 Å². The standard InChI is InChI=1S/C21H30O/c1-19(2)11-7-12-20(3)17(19)10-13-21(4)18(20)14-15-8-5-6-9-16(15)22-21/h5-6,8-9,17-18H,7,10-14H2,1-4H3/t17-,18+,20-,21+/m0/s1. The van der Waals surface area contributed by atoms with E-state index in [0.29, 0.717) is 16.7 Å². The molecule has 0 bridgehead atoms. The number of rotatable bonds is 0. The summed E-state index contributed by atoms with van der Waals surface area (Å²) in [5.74, 6) is 2.65. The largest absolute Gasteiger partial charge is 0.487 e. The Hall–Kier alpha value is -0.980. The lowest BCUT2D eigenvalue weighted by atomic mass is 9.44. The zero-order valence-electron chi connectivity index (χ0n) is 14.6. The molecule has 1 aliphatic heterocycles. The van der Waals surface area contributed by atoms with Crippen LogP contribution in [-0.2, 0) is 6.42 Å². The minimum Gasteiger partial charge on any atom is -0.487 e. The molecule has 0 amide bonds. The number of ether oxygens (including phenoxy) is 1. The molecule has 1 aromatic carbocycles. The Morgan fingerprint density at radius 3 is 2.55 bits per heavy atom. The molecular weight excluding hydrogens is 268 g/mol. The van der Waals surface area contributed by atoms with Crippen molar-refractivity contribution in [3.8, 4) is 5.75 Å². The van der Waals surface area contributed by atoms with Crippen molar-refractivity contribution in [2.45, 2.75) is 71.8 Å². The summed E-state index contributed by atoms with van der Waals surface area (Å²) >= 11 is 0. The molecule has 1 aromatic rings. The van der Waals surface area contributed by atoms with Gasteiger partial charge in [-0.1, -0.05) is 45.4 Å². The molecule has 22 heavy (non-hydrogen) atoms. The molecule has 0 unspecified atom stereocenters. The van der Waals surface area contributed by atoms with Gasteiger partial charge in [0.05, 0.1) is 0 Å².